The van der Waals surface area contributed by atoms with E-state index in [2.05, 4.69) is 20.7 Å². The van der Waals surface area contributed by atoms with Gasteiger partial charge >= 0.3 is 0 Å². The highest BCUT2D eigenvalue weighted by Crippen LogP contribution is 2.07. The van der Waals surface area contributed by atoms with E-state index >= 15 is 0 Å². The summed E-state index contributed by atoms with van der Waals surface area (Å²) in [5.74, 6) is 0.684. The zero-order valence-electron chi connectivity index (χ0n) is 8.21. The number of hydrogen-bond donors (Lipinski definition) is 1. The van der Waals surface area contributed by atoms with E-state index in [1.54, 1.807) is 23.7 Å². The van der Waals surface area contributed by atoms with E-state index in [4.69, 9.17) is 0 Å². The van der Waals surface area contributed by atoms with Crippen molar-refractivity contribution < 1.29 is 0 Å². The van der Waals surface area contributed by atoms with E-state index in [0.717, 1.165) is 11.1 Å². The summed E-state index contributed by atoms with van der Waals surface area (Å²) < 4.78 is 0. The van der Waals surface area contributed by atoms with Gasteiger partial charge in [-0.15, -0.1) is 5.10 Å². The lowest BCUT2D eigenvalue weighted by Gasteiger charge is -2.00. The lowest BCUT2D eigenvalue weighted by molar-refractivity contribution is 1.01. The highest BCUT2D eigenvalue weighted by Gasteiger charge is 1.95. The van der Waals surface area contributed by atoms with Crippen LogP contribution < -0.4 is 5.43 Å². The number of nitrogens with one attached hydrogen (secondary N) is 1. The standard InChI is InChI=1S/C10H10N4S/c1-8-2-4-11-13-10(8)14-12-6-9-3-5-15-7-9/h2-7H,1H3,(H,13,14)/b12-6+. The minimum Gasteiger partial charge on any atom is -0.260 e. The van der Waals surface area contributed by atoms with Gasteiger partial charge in [-0.1, -0.05) is 0 Å². The topological polar surface area (TPSA) is 50.2 Å². The van der Waals surface area contributed by atoms with Crippen molar-refractivity contribution >= 4 is 23.4 Å². The summed E-state index contributed by atoms with van der Waals surface area (Å²) in [5.41, 5.74) is 4.95. The maximum absolute atomic E-state index is 4.07. The smallest absolute Gasteiger partial charge is 0.171 e. The zero-order chi connectivity index (χ0) is 10.5. The van der Waals surface area contributed by atoms with Crippen LogP contribution in [0.2, 0.25) is 0 Å². The molecule has 0 radical (unpaired) electrons. The molecular weight excluding hydrogens is 208 g/mol. The van der Waals surface area contributed by atoms with E-state index in [1.807, 2.05) is 29.8 Å². The second-order valence-corrected chi connectivity index (χ2v) is 3.77. The van der Waals surface area contributed by atoms with Crippen molar-refractivity contribution in [1.29, 1.82) is 0 Å². The Labute approximate surface area is 91.7 Å². The van der Waals surface area contributed by atoms with Crippen LogP contribution in [0.5, 0.6) is 0 Å². The normalized spacial score (nSPS) is 10.7. The summed E-state index contributed by atoms with van der Waals surface area (Å²) in [7, 11) is 0. The first-order valence-corrected chi connectivity index (χ1v) is 5.40. The number of anilines is 1. The highest BCUT2D eigenvalue weighted by molar-refractivity contribution is 7.08. The number of hydrazone groups is 1. The van der Waals surface area contributed by atoms with E-state index in [0.29, 0.717) is 5.82 Å². The number of thiophene rings is 1. The van der Waals surface area contributed by atoms with Crippen LogP contribution in [-0.2, 0) is 0 Å². The second-order valence-electron chi connectivity index (χ2n) is 2.99. The molecular formula is C10H10N4S. The molecule has 0 atom stereocenters. The number of aromatic nitrogens is 2. The van der Waals surface area contributed by atoms with Gasteiger partial charge in [0, 0.05) is 5.56 Å². The Morgan fingerprint density at radius 1 is 1.47 bits per heavy atom. The van der Waals surface area contributed by atoms with Gasteiger partial charge in [-0.05, 0) is 35.4 Å². The fraction of sp³-hybridized carbons (Fsp3) is 0.100. The van der Waals surface area contributed by atoms with Crippen LogP contribution in [-0.4, -0.2) is 16.4 Å². The molecule has 0 saturated carbocycles. The molecule has 0 aliphatic carbocycles. The van der Waals surface area contributed by atoms with Gasteiger partial charge in [-0.25, -0.2) is 0 Å². The lowest BCUT2D eigenvalue weighted by atomic mass is 10.3. The zero-order valence-corrected chi connectivity index (χ0v) is 9.03. The van der Waals surface area contributed by atoms with E-state index in [9.17, 15) is 0 Å². The van der Waals surface area contributed by atoms with Crippen LogP contribution in [0.25, 0.3) is 0 Å². The molecule has 0 fully saturated rings. The number of aryl methyl sites for hydroxylation is 1. The molecule has 76 valence electrons. The molecule has 2 aromatic heterocycles. The Balaban J connectivity index is 2.02. The summed E-state index contributed by atoms with van der Waals surface area (Å²) in [5, 5.41) is 15.8. The fourth-order valence-electron chi connectivity index (χ4n) is 1.02. The number of nitrogens with zero attached hydrogens (tertiary/aromatic N) is 3. The summed E-state index contributed by atoms with van der Waals surface area (Å²) in [6.45, 7) is 1.96. The molecule has 1 N–H and O–H groups in total. The molecule has 0 amide bonds. The predicted molar refractivity (Wildman–Crippen MR) is 62.3 cm³/mol. The molecule has 15 heavy (non-hydrogen) atoms. The molecule has 0 unspecified atom stereocenters. The van der Waals surface area contributed by atoms with Gasteiger partial charge in [0.15, 0.2) is 5.82 Å². The van der Waals surface area contributed by atoms with Crippen molar-refractivity contribution in [3.8, 4) is 0 Å². The number of rotatable bonds is 3. The molecule has 5 heteroatoms. The van der Waals surface area contributed by atoms with Crippen LogP contribution in [0, 0.1) is 6.92 Å². The van der Waals surface area contributed by atoms with E-state index in [-0.39, 0.29) is 0 Å². The molecule has 4 nitrogen and oxygen atoms in total. The lowest BCUT2D eigenvalue weighted by Crippen LogP contribution is -1.96. The quantitative estimate of drug-likeness (QED) is 0.635. The van der Waals surface area contributed by atoms with Crippen molar-refractivity contribution in [2.24, 2.45) is 5.10 Å². The van der Waals surface area contributed by atoms with E-state index < -0.39 is 0 Å². The monoisotopic (exact) mass is 218 g/mol. The second kappa shape index (κ2) is 4.65. The highest BCUT2D eigenvalue weighted by atomic mass is 32.1. The maximum Gasteiger partial charge on any atom is 0.171 e. The van der Waals surface area contributed by atoms with Crippen LogP contribution in [0.4, 0.5) is 5.82 Å². The van der Waals surface area contributed by atoms with E-state index in [1.165, 1.54) is 0 Å². The molecule has 0 aromatic carbocycles. The number of hydrogen-bond acceptors (Lipinski definition) is 5. The molecule has 2 aromatic rings. The van der Waals surface area contributed by atoms with Gasteiger partial charge in [-0.2, -0.15) is 21.5 Å². The van der Waals surface area contributed by atoms with Crippen molar-refractivity contribution in [2.45, 2.75) is 6.92 Å². The maximum atomic E-state index is 4.07. The molecule has 0 spiro atoms. The Kier molecular flexibility index (Phi) is 3.04. The molecule has 2 heterocycles. The van der Waals surface area contributed by atoms with Gasteiger partial charge < -0.3 is 0 Å². The van der Waals surface area contributed by atoms with Gasteiger partial charge in [0.05, 0.1) is 12.4 Å². The minimum atomic E-state index is 0.684. The largest absolute Gasteiger partial charge is 0.260 e. The van der Waals surface area contributed by atoms with Crippen LogP contribution in [0.15, 0.2) is 34.2 Å². The molecule has 0 aliphatic rings. The SMILES string of the molecule is Cc1ccnnc1N/N=C/c1ccsc1. The average molecular weight is 218 g/mol. The first kappa shape index (κ1) is 9.79. The van der Waals surface area contributed by atoms with Crippen LogP contribution in [0.1, 0.15) is 11.1 Å². The van der Waals surface area contributed by atoms with Gasteiger partial charge in [0.2, 0.25) is 0 Å². The Morgan fingerprint density at radius 2 is 2.40 bits per heavy atom. The Bertz CT molecular complexity index is 450. The van der Waals surface area contributed by atoms with Crippen LogP contribution >= 0.6 is 11.3 Å². The van der Waals surface area contributed by atoms with Gasteiger partial charge in [-0.3, -0.25) is 5.43 Å². The van der Waals surface area contributed by atoms with Crippen molar-refractivity contribution in [1.82, 2.24) is 10.2 Å². The fourth-order valence-corrected chi connectivity index (χ4v) is 1.63. The molecule has 2 rings (SSSR count). The summed E-state index contributed by atoms with van der Waals surface area (Å²) in [4.78, 5) is 0. The van der Waals surface area contributed by atoms with Gasteiger partial charge in [0.1, 0.15) is 0 Å². The average Bonchev–Trinajstić information content (AvgIpc) is 2.74. The van der Waals surface area contributed by atoms with Crippen LogP contribution in [0.3, 0.4) is 0 Å². The predicted octanol–water partition coefficient (Wildman–Crippen LogP) is 2.29. The first-order chi connectivity index (χ1) is 7.36. The molecule has 0 bridgehead atoms. The third-order valence-electron chi connectivity index (χ3n) is 1.85. The van der Waals surface area contributed by atoms with Gasteiger partial charge in [0.25, 0.3) is 0 Å². The summed E-state index contributed by atoms with van der Waals surface area (Å²) in [6, 6.07) is 3.88. The molecule has 0 aliphatic heterocycles. The first-order valence-electron chi connectivity index (χ1n) is 4.46. The third-order valence-corrected chi connectivity index (χ3v) is 2.55. The Morgan fingerprint density at radius 3 is 3.13 bits per heavy atom. The van der Waals surface area contributed by atoms with Crippen molar-refractivity contribution in [2.75, 3.05) is 5.43 Å². The molecule has 0 saturated heterocycles. The van der Waals surface area contributed by atoms with Crippen molar-refractivity contribution in [3.63, 3.8) is 0 Å². The minimum absolute atomic E-state index is 0.684. The van der Waals surface area contributed by atoms with Crippen molar-refractivity contribution in [3.05, 3.63) is 40.2 Å². The summed E-state index contributed by atoms with van der Waals surface area (Å²) >= 11 is 1.64. The third kappa shape index (κ3) is 2.60. The summed E-state index contributed by atoms with van der Waals surface area (Å²) in [6.07, 6.45) is 3.41. The Hall–Kier alpha value is -1.75.